The van der Waals surface area contributed by atoms with E-state index in [9.17, 15) is 4.79 Å². The molecule has 0 saturated carbocycles. The summed E-state index contributed by atoms with van der Waals surface area (Å²) in [5.41, 5.74) is 1.27. The molecule has 0 N–H and O–H groups in total. The van der Waals surface area contributed by atoms with Gasteiger partial charge in [0.1, 0.15) is 5.75 Å². The van der Waals surface area contributed by atoms with E-state index in [4.69, 9.17) is 4.74 Å². The summed E-state index contributed by atoms with van der Waals surface area (Å²) in [5.74, 6) is 1.39. The second kappa shape index (κ2) is 7.82. The Labute approximate surface area is 116 Å². The summed E-state index contributed by atoms with van der Waals surface area (Å²) in [6.07, 6.45) is 2.03. The fourth-order valence-corrected chi connectivity index (χ4v) is 1.65. The summed E-state index contributed by atoms with van der Waals surface area (Å²) >= 11 is 0. The van der Waals surface area contributed by atoms with Crippen molar-refractivity contribution in [2.24, 2.45) is 5.92 Å². The number of carbonyl (C=O) groups excluding carboxylic acids is 1. The van der Waals surface area contributed by atoms with Crippen LogP contribution in [0.3, 0.4) is 0 Å². The Morgan fingerprint density at radius 3 is 2.42 bits per heavy atom. The third kappa shape index (κ3) is 5.77. The zero-order chi connectivity index (χ0) is 14.3. The Morgan fingerprint density at radius 1 is 1.26 bits per heavy atom. The predicted molar refractivity (Wildman–Crippen MR) is 78.4 cm³/mol. The number of hydrogen-bond acceptors (Lipinski definition) is 2. The molecular weight excluding hydrogens is 238 g/mol. The van der Waals surface area contributed by atoms with Crippen LogP contribution in [0.5, 0.6) is 5.75 Å². The van der Waals surface area contributed by atoms with Crippen molar-refractivity contribution < 1.29 is 9.53 Å². The lowest BCUT2D eigenvalue weighted by Crippen LogP contribution is -2.32. The average molecular weight is 263 g/mol. The first-order valence-electron chi connectivity index (χ1n) is 6.98. The zero-order valence-electron chi connectivity index (χ0n) is 12.5. The number of likely N-dealkylation sites (N-methyl/N-ethyl adjacent to an activating group) is 1. The smallest absolute Gasteiger partial charge is 0.260 e. The lowest BCUT2D eigenvalue weighted by atomic mass is 10.1. The Morgan fingerprint density at radius 2 is 1.89 bits per heavy atom. The molecule has 3 heteroatoms. The number of amides is 1. The Bertz CT molecular complexity index is 384. The lowest BCUT2D eigenvalue weighted by Gasteiger charge is -2.18. The van der Waals surface area contributed by atoms with Gasteiger partial charge in [-0.1, -0.05) is 32.9 Å². The molecule has 0 aliphatic rings. The number of ether oxygens (including phenoxy) is 1. The van der Waals surface area contributed by atoms with E-state index in [0.29, 0.717) is 5.92 Å². The van der Waals surface area contributed by atoms with Crippen LogP contribution < -0.4 is 4.74 Å². The van der Waals surface area contributed by atoms with Crippen molar-refractivity contribution in [2.45, 2.75) is 33.6 Å². The molecule has 0 spiro atoms. The number of aryl methyl sites for hydroxylation is 1. The van der Waals surface area contributed by atoms with Gasteiger partial charge in [-0.15, -0.1) is 0 Å². The number of nitrogens with zero attached hydrogens (tertiary/aromatic N) is 1. The van der Waals surface area contributed by atoms with Gasteiger partial charge >= 0.3 is 0 Å². The van der Waals surface area contributed by atoms with Crippen molar-refractivity contribution in [3.63, 3.8) is 0 Å². The van der Waals surface area contributed by atoms with Gasteiger partial charge in [0, 0.05) is 13.6 Å². The molecule has 1 aromatic carbocycles. The molecule has 0 aliphatic heterocycles. The van der Waals surface area contributed by atoms with E-state index in [1.807, 2.05) is 31.3 Å². The van der Waals surface area contributed by atoms with E-state index >= 15 is 0 Å². The van der Waals surface area contributed by atoms with Gasteiger partial charge in [-0.05, 0) is 36.5 Å². The second-order valence-corrected chi connectivity index (χ2v) is 5.28. The zero-order valence-corrected chi connectivity index (χ0v) is 12.5. The first-order valence-corrected chi connectivity index (χ1v) is 6.98. The van der Waals surface area contributed by atoms with E-state index in [1.54, 1.807) is 4.90 Å². The monoisotopic (exact) mass is 263 g/mol. The number of hydrogen-bond donors (Lipinski definition) is 0. The summed E-state index contributed by atoms with van der Waals surface area (Å²) in [6.45, 7) is 7.33. The fraction of sp³-hybridized carbons (Fsp3) is 0.562. The van der Waals surface area contributed by atoms with Gasteiger partial charge in [0.2, 0.25) is 0 Å². The van der Waals surface area contributed by atoms with Crippen molar-refractivity contribution in [3.8, 4) is 5.75 Å². The highest BCUT2D eigenvalue weighted by atomic mass is 16.5. The van der Waals surface area contributed by atoms with Gasteiger partial charge in [-0.3, -0.25) is 4.79 Å². The molecule has 19 heavy (non-hydrogen) atoms. The van der Waals surface area contributed by atoms with Crippen LogP contribution in [0.15, 0.2) is 24.3 Å². The van der Waals surface area contributed by atoms with Crippen molar-refractivity contribution in [1.29, 1.82) is 0 Å². The Kier molecular flexibility index (Phi) is 6.40. The molecule has 1 amide bonds. The van der Waals surface area contributed by atoms with Crippen molar-refractivity contribution >= 4 is 5.91 Å². The molecule has 0 unspecified atom stereocenters. The normalized spacial score (nSPS) is 10.6. The quantitative estimate of drug-likeness (QED) is 0.756. The maximum absolute atomic E-state index is 11.9. The Hall–Kier alpha value is -1.51. The van der Waals surface area contributed by atoms with Crippen molar-refractivity contribution in [1.82, 2.24) is 4.90 Å². The minimum Gasteiger partial charge on any atom is -0.484 e. The highest BCUT2D eigenvalue weighted by Crippen LogP contribution is 2.12. The molecular formula is C16H25NO2. The fourth-order valence-electron chi connectivity index (χ4n) is 1.65. The molecule has 0 atom stereocenters. The van der Waals surface area contributed by atoms with Crippen LogP contribution in [0.25, 0.3) is 0 Å². The first-order chi connectivity index (χ1) is 9.02. The van der Waals surface area contributed by atoms with Crippen LogP contribution in [0, 0.1) is 5.92 Å². The van der Waals surface area contributed by atoms with E-state index in [0.717, 1.165) is 25.1 Å². The molecule has 0 radical (unpaired) electrons. The third-order valence-electron chi connectivity index (χ3n) is 3.16. The number of carbonyl (C=O) groups is 1. The highest BCUT2D eigenvalue weighted by Gasteiger charge is 2.09. The molecule has 0 aliphatic carbocycles. The highest BCUT2D eigenvalue weighted by molar-refractivity contribution is 5.77. The maximum atomic E-state index is 11.9. The molecule has 0 fully saturated rings. The van der Waals surface area contributed by atoms with E-state index in [-0.39, 0.29) is 12.5 Å². The molecule has 0 saturated heterocycles. The largest absolute Gasteiger partial charge is 0.484 e. The van der Waals surface area contributed by atoms with E-state index < -0.39 is 0 Å². The van der Waals surface area contributed by atoms with Gasteiger partial charge in [-0.25, -0.2) is 0 Å². The molecule has 1 aromatic rings. The molecule has 0 bridgehead atoms. The average Bonchev–Trinajstić information content (AvgIpc) is 2.42. The molecule has 3 nitrogen and oxygen atoms in total. The van der Waals surface area contributed by atoms with E-state index in [1.165, 1.54) is 5.56 Å². The van der Waals surface area contributed by atoms with Gasteiger partial charge < -0.3 is 9.64 Å². The molecule has 1 rings (SSSR count). The van der Waals surface area contributed by atoms with Crippen LogP contribution in [-0.2, 0) is 11.2 Å². The van der Waals surface area contributed by atoms with Gasteiger partial charge in [-0.2, -0.15) is 0 Å². The topological polar surface area (TPSA) is 29.5 Å². The second-order valence-electron chi connectivity index (χ2n) is 5.28. The number of rotatable bonds is 7. The summed E-state index contributed by atoms with van der Waals surface area (Å²) in [7, 11) is 1.83. The van der Waals surface area contributed by atoms with E-state index in [2.05, 4.69) is 20.8 Å². The first kappa shape index (κ1) is 15.5. The van der Waals surface area contributed by atoms with Crippen LogP contribution >= 0.6 is 0 Å². The SMILES string of the molecule is CCc1ccc(OCC(=O)N(C)CCC(C)C)cc1. The lowest BCUT2D eigenvalue weighted by molar-refractivity contribution is -0.132. The Balaban J connectivity index is 2.36. The standard InChI is InChI=1S/C16H25NO2/c1-5-14-6-8-15(9-7-14)19-12-16(18)17(4)11-10-13(2)3/h6-9,13H,5,10-12H2,1-4H3. The van der Waals surface area contributed by atoms with Crippen LogP contribution in [0.4, 0.5) is 0 Å². The minimum absolute atomic E-state index is 0.0280. The molecule has 0 aromatic heterocycles. The van der Waals surface area contributed by atoms with Gasteiger partial charge in [0.15, 0.2) is 6.61 Å². The van der Waals surface area contributed by atoms with Crippen LogP contribution in [-0.4, -0.2) is 31.0 Å². The predicted octanol–water partition coefficient (Wildman–Crippen LogP) is 3.13. The summed E-state index contributed by atoms with van der Waals surface area (Å²) in [5, 5.41) is 0. The van der Waals surface area contributed by atoms with Crippen LogP contribution in [0.1, 0.15) is 32.8 Å². The van der Waals surface area contributed by atoms with Gasteiger partial charge in [0.25, 0.3) is 5.91 Å². The summed E-state index contributed by atoms with van der Waals surface area (Å²) in [6, 6.07) is 7.89. The maximum Gasteiger partial charge on any atom is 0.260 e. The minimum atomic E-state index is 0.0280. The molecule has 0 heterocycles. The van der Waals surface area contributed by atoms with Crippen molar-refractivity contribution in [3.05, 3.63) is 29.8 Å². The third-order valence-corrected chi connectivity index (χ3v) is 3.16. The van der Waals surface area contributed by atoms with Crippen LogP contribution in [0.2, 0.25) is 0 Å². The van der Waals surface area contributed by atoms with Gasteiger partial charge in [0.05, 0.1) is 0 Å². The molecule has 106 valence electrons. The van der Waals surface area contributed by atoms with Crippen molar-refractivity contribution in [2.75, 3.05) is 20.2 Å². The summed E-state index contributed by atoms with van der Waals surface area (Å²) in [4.78, 5) is 13.6. The number of benzene rings is 1. The summed E-state index contributed by atoms with van der Waals surface area (Å²) < 4.78 is 5.50.